The molecule has 3 aliphatic carbocycles. The number of nitrogens with two attached hydrogens (primary N) is 1. The first-order valence-electron chi connectivity index (χ1n) is 8.23. The van der Waals surface area contributed by atoms with Crippen LogP contribution in [-0.2, 0) is 13.0 Å². The predicted molar refractivity (Wildman–Crippen MR) is 77.9 cm³/mol. The predicted octanol–water partition coefficient (Wildman–Crippen LogP) is 3.65. The van der Waals surface area contributed by atoms with Gasteiger partial charge in [-0.05, 0) is 67.4 Å². The largest absolute Gasteiger partial charge is 0.353 e. The molecule has 2 N–H and O–H groups in total. The van der Waals surface area contributed by atoms with E-state index in [9.17, 15) is 0 Å². The zero-order chi connectivity index (χ0) is 12.8. The van der Waals surface area contributed by atoms with Gasteiger partial charge in [0.15, 0.2) is 0 Å². The van der Waals surface area contributed by atoms with Crippen LogP contribution in [0.4, 0.5) is 0 Å². The average Bonchev–Trinajstić information content (AvgIpc) is 3.07. The lowest BCUT2D eigenvalue weighted by Gasteiger charge is -2.22. The van der Waals surface area contributed by atoms with Crippen molar-refractivity contribution < 1.29 is 0 Å². The van der Waals surface area contributed by atoms with Crippen molar-refractivity contribution >= 4 is 0 Å². The lowest BCUT2D eigenvalue weighted by atomic mass is 9.89. The molecule has 4 rings (SSSR count). The number of aryl methyl sites for hydroxylation is 1. The molecule has 3 aliphatic rings. The van der Waals surface area contributed by atoms with Gasteiger partial charge in [-0.25, -0.2) is 0 Å². The molecule has 2 fully saturated rings. The summed E-state index contributed by atoms with van der Waals surface area (Å²) in [5, 5.41) is 0. The number of aromatic nitrogens is 1. The molecule has 2 saturated carbocycles. The topological polar surface area (TPSA) is 30.9 Å². The minimum atomic E-state index is 0.291. The van der Waals surface area contributed by atoms with Crippen LogP contribution in [0.15, 0.2) is 12.4 Å². The van der Waals surface area contributed by atoms with E-state index >= 15 is 0 Å². The van der Waals surface area contributed by atoms with Crippen LogP contribution < -0.4 is 5.73 Å². The van der Waals surface area contributed by atoms with E-state index < -0.39 is 0 Å². The van der Waals surface area contributed by atoms with E-state index in [1.807, 2.05) is 0 Å². The summed E-state index contributed by atoms with van der Waals surface area (Å²) in [4.78, 5) is 0. The Hall–Kier alpha value is -0.760. The molecule has 0 aromatic carbocycles. The van der Waals surface area contributed by atoms with E-state index in [0.29, 0.717) is 6.04 Å². The highest BCUT2D eigenvalue weighted by atomic mass is 15.0. The van der Waals surface area contributed by atoms with Gasteiger partial charge in [0.05, 0.1) is 0 Å². The molecular formula is C17H26N2. The Morgan fingerprint density at radius 2 is 2.05 bits per heavy atom. The molecule has 2 heteroatoms. The zero-order valence-electron chi connectivity index (χ0n) is 11.9. The van der Waals surface area contributed by atoms with E-state index in [-0.39, 0.29) is 0 Å². The van der Waals surface area contributed by atoms with Crippen LogP contribution in [0, 0.1) is 17.8 Å². The summed E-state index contributed by atoms with van der Waals surface area (Å²) in [6, 6.07) is 0.291. The van der Waals surface area contributed by atoms with Crippen LogP contribution in [0.5, 0.6) is 0 Å². The van der Waals surface area contributed by atoms with Gasteiger partial charge < -0.3 is 10.3 Å². The van der Waals surface area contributed by atoms with Crippen LogP contribution in [0.25, 0.3) is 0 Å². The van der Waals surface area contributed by atoms with Crippen molar-refractivity contribution in [1.29, 1.82) is 0 Å². The lowest BCUT2D eigenvalue weighted by molar-refractivity contribution is 0.296. The van der Waals surface area contributed by atoms with Gasteiger partial charge >= 0.3 is 0 Å². The van der Waals surface area contributed by atoms with Gasteiger partial charge in [-0.15, -0.1) is 0 Å². The van der Waals surface area contributed by atoms with Gasteiger partial charge in [0.25, 0.3) is 0 Å². The molecule has 2 nitrogen and oxygen atoms in total. The quantitative estimate of drug-likeness (QED) is 0.807. The lowest BCUT2D eigenvalue weighted by Crippen LogP contribution is -2.16. The molecular weight excluding hydrogens is 232 g/mol. The standard InChI is InChI=1S/C17H26N2/c18-17-4-2-1-3-14-9-19(11-16(14)17)10-15-8-12-5-6-13(15)7-12/h9,11-13,15,17H,1-8,10,18H2. The van der Waals surface area contributed by atoms with Crippen molar-refractivity contribution in [3.63, 3.8) is 0 Å². The Bertz CT molecular complexity index is 462. The van der Waals surface area contributed by atoms with Crippen molar-refractivity contribution in [3.8, 4) is 0 Å². The van der Waals surface area contributed by atoms with Crippen LogP contribution in [0.2, 0.25) is 0 Å². The highest BCUT2D eigenvalue weighted by molar-refractivity contribution is 5.29. The average molecular weight is 258 g/mol. The molecule has 0 saturated heterocycles. The Morgan fingerprint density at radius 3 is 2.84 bits per heavy atom. The number of nitrogens with zero attached hydrogens (tertiary/aromatic N) is 1. The van der Waals surface area contributed by atoms with E-state index in [1.54, 1.807) is 0 Å². The molecule has 0 aliphatic heterocycles. The molecule has 4 atom stereocenters. The third-order valence-electron chi connectivity index (χ3n) is 5.94. The fraction of sp³-hybridized carbons (Fsp3) is 0.765. The Kier molecular flexibility index (Phi) is 2.95. The smallest absolute Gasteiger partial charge is 0.0312 e. The molecule has 4 unspecified atom stereocenters. The summed E-state index contributed by atoms with van der Waals surface area (Å²) in [5.41, 5.74) is 9.30. The molecule has 1 aromatic heterocycles. The van der Waals surface area contributed by atoms with Gasteiger partial charge in [0.2, 0.25) is 0 Å². The molecule has 19 heavy (non-hydrogen) atoms. The minimum absolute atomic E-state index is 0.291. The Labute approximate surface area is 116 Å². The first kappa shape index (κ1) is 12.0. The van der Waals surface area contributed by atoms with Crippen LogP contribution in [0.1, 0.15) is 62.1 Å². The minimum Gasteiger partial charge on any atom is -0.353 e. The SMILES string of the molecule is NC1CCCCc2cn(CC3CC4CCC3C4)cc21. The zero-order valence-corrected chi connectivity index (χ0v) is 11.9. The summed E-state index contributed by atoms with van der Waals surface area (Å²) < 4.78 is 2.47. The second-order valence-electron chi connectivity index (χ2n) is 7.22. The van der Waals surface area contributed by atoms with Crippen molar-refractivity contribution in [2.24, 2.45) is 23.5 Å². The number of fused-ring (bicyclic) bond motifs is 3. The normalized spacial score (nSPS) is 37.3. The molecule has 1 heterocycles. The first-order chi connectivity index (χ1) is 9.29. The van der Waals surface area contributed by atoms with E-state index in [4.69, 9.17) is 5.73 Å². The first-order valence-corrected chi connectivity index (χ1v) is 8.23. The Morgan fingerprint density at radius 1 is 1.11 bits per heavy atom. The van der Waals surface area contributed by atoms with Crippen LogP contribution in [-0.4, -0.2) is 4.57 Å². The molecule has 2 bridgehead atoms. The maximum atomic E-state index is 6.32. The molecule has 104 valence electrons. The highest BCUT2D eigenvalue weighted by Gasteiger charge is 2.39. The van der Waals surface area contributed by atoms with Gasteiger partial charge in [-0.2, -0.15) is 0 Å². The molecule has 0 spiro atoms. The summed E-state index contributed by atoms with van der Waals surface area (Å²) in [6.07, 6.45) is 15.8. The third-order valence-corrected chi connectivity index (χ3v) is 5.94. The van der Waals surface area contributed by atoms with Gasteiger partial charge in [-0.3, -0.25) is 0 Å². The summed E-state index contributed by atoms with van der Waals surface area (Å²) in [6.45, 7) is 1.25. The van der Waals surface area contributed by atoms with Crippen molar-refractivity contribution in [2.45, 2.75) is 64.0 Å². The van der Waals surface area contributed by atoms with Crippen molar-refractivity contribution in [2.75, 3.05) is 0 Å². The monoisotopic (exact) mass is 258 g/mol. The van der Waals surface area contributed by atoms with Crippen molar-refractivity contribution in [3.05, 3.63) is 23.5 Å². The third kappa shape index (κ3) is 2.14. The number of hydrogen-bond acceptors (Lipinski definition) is 1. The molecule has 0 radical (unpaired) electrons. The van der Waals surface area contributed by atoms with Gasteiger partial charge in [0.1, 0.15) is 0 Å². The fourth-order valence-corrected chi connectivity index (χ4v) is 4.93. The second kappa shape index (κ2) is 4.66. The van der Waals surface area contributed by atoms with Gasteiger partial charge in [-0.1, -0.05) is 12.8 Å². The van der Waals surface area contributed by atoms with E-state index in [2.05, 4.69) is 17.0 Å². The molecule has 0 amide bonds. The van der Waals surface area contributed by atoms with Crippen LogP contribution in [0.3, 0.4) is 0 Å². The van der Waals surface area contributed by atoms with Gasteiger partial charge in [0, 0.05) is 25.0 Å². The van der Waals surface area contributed by atoms with E-state index in [1.165, 1.54) is 69.0 Å². The maximum absolute atomic E-state index is 6.32. The number of hydrogen-bond donors (Lipinski definition) is 1. The number of rotatable bonds is 2. The van der Waals surface area contributed by atoms with E-state index in [0.717, 1.165) is 17.8 Å². The van der Waals surface area contributed by atoms with Crippen LogP contribution >= 0.6 is 0 Å². The second-order valence-corrected chi connectivity index (χ2v) is 7.22. The molecule has 1 aromatic rings. The summed E-state index contributed by atoms with van der Waals surface area (Å²) in [7, 11) is 0. The maximum Gasteiger partial charge on any atom is 0.0312 e. The summed E-state index contributed by atoms with van der Waals surface area (Å²) in [5.74, 6) is 3.04. The Balaban J connectivity index is 1.51. The van der Waals surface area contributed by atoms with Crippen molar-refractivity contribution in [1.82, 2.24) is 4.57 Å². The highest BCUT2D eigenvalue weighted by Crippen LogP contribution is 2.49. The summed E-state index contributed by atoms with van der Waals surface area (Å²) >= 11 is 0. The fourth-order valence-electron chi connectivity index (χ4n) is 4.93.